The molecule has 0 bridgehead atoms. The zero-order chi connectivity index (χ0) is 22.5. The summed E-state index contributed by atoms with van der Waals surface area (Å²) in [5.74, 6) is 0.848. The SMILES string of the molecule is COc1ccc(C(=O)C2CCN(CC(=O)NCc3nc4c(c(=O)o3)COCC4)CC2)cc1. The highest BCUT2D eigenvalue weighted by atomic mass is 16.5. The van der Waals surface area contributed by atoms with Gasteiger partial charge in [0.15, 0.2) is 5.78 Å². The molecule has 0 spiro atoms. The first-order valence-corrected chi connectivity index (χ1v) is 10.8. The molecular formula is C23H27N3O6. The smallest absolute Gasteiger partial charge is 0.344 e. The summed E-state index contributed by atoms with van der Waals surface area (Å²) in [6, 6.07) is 7.17. The van der Waals surface area contributed by atoms with E-state index < -0.39 is 5.63 Å². The van der Waals surface area contributed by atoms with Crippen molar-refractivity contribution in [1.29, 1.82) is 0 Å². The van der Waals surface area contributed by atoms with Crippen molar-refractivity contribution in [2.24, 2.45) is 5.92 Å². The van der Waals surface area contributed by atoms with Crippen molar-refractivity contribution in [3.05, 3.63) is 57.4 Å². The molecule has 3 heterocycles. The number of fused-ring (bicyclic) bond motifs is 1. The van der Waals surface area contributed by atoms with Crippen LogP contribution in [0.2, 0.25) is 0 Å². The van der Waals surface area contributed by atoms with Crippen molar-refractivity contribution >= 4 is 11.7 Å². The molecule has 2 aliphatic rings. The molecule has 0 radical (unpaired) electrons. The summed E-state index contributed by atoms with van der Waals surface area (Å²) in [5, 5.41) is 2.77. The van der Waals surface area contributed by atoms with Gasteiger partial charge in [0.1, 0.15) is 5.75 Å². The molecule has 1 aromatic carbocycles. The number of Topliss-reactive ketones (excluding diaryl/α,β-unsaturated/α-hetero) is 1. The molecule has 1 saturated heterocycles. The lowest BCUT2D eigenvalue weighted by Gasteiger charge is -2.30. The number of rotatable bonds is 7. The summed E-state index contributed by atoms with van der Waals surface area (Å²) in [6.45, 7) is 2.37. The number of likely N-dealkylation sites (tertiary alicyclic amines) is 1. The number of methoxy groups -OCH3 is 1. The molecule has 0 aliphatic carbocycles. The molecule has 0 unspecified atom stereocenters. The van der Waals surface area contributed by atoms with Crippen LogP contribution in [0.1, 0.15) is 40.3 Å². The summed E-state index contributed by atoms with van der Waals surface area (Å²) in [5.41, 5.74) is 1.37. The Balaban J connectivity index is 1.23. The molecule has 1 amide bonds. The van der Waals surface area contributed by atoms with Gasteiger partial charge in [-0.25, -0.2) is 9.78 Å². The van der Waals surface area contributed by atoms with E-state index in [4.69, 9.17) is 13.9 Å². The van der Waals surface area contributed by atoms with Crippen LogP contribution < -0.4 is 15.7 Å². The van der Waals surface area contributed by atoms with Gasteiger partial charge >= 0.3 is 5.63 Å². The quantitative estimate of drug-likeness (QED) is 0.641. The second-order valence-corrected chi connectivity index (χ2v) is 8.04. The number of carbonyl (C=O) groups excluding carboxylic acids is 2. The zero-order valence-corrected chi connectivity index (χ0v) is 18.1. The molecule has 9 nitrogen and oxygen atoms in total. The molecular weight excluding hydrogens is 414 g/mol. The molecule has 1 fully saturated rings. The Labute approximate surface area is 185 Å². The van der Waals surface area contributed by atoms with E-state index in [1.807, 2.05) is 4.90 Å². The first-order valence-electron chi connectivity index (χ1n) is 10.8. The highest BCUT2D eigenvalue weighted by Crippen LogP contribution is 2.23. The third-order valence-corrected chi connectivity index (χ3v) is 5.93. The van der Waals surface area contributed by atoms with Crippen LogP contribution in [0.15, 0.2) is 33.5 Å². The summed E-state index contributed by atoms with van der Waals surface area (Å²) < 4.78 is 15.6. The Morgan fingerprint density at radius 3 is 2.69 bits per heavy atom. The van der Waals surface area contributed by atoms with Crippen LogP contribution in [0.4, 0.5) is 0 Å². The number of piperidine rings is 1. The molecule has 2 aromatic rings. The molecule has 9 heteroatoms. The summed E-state index contributed by atoms with van der Waals surface area (Å²) >= 11 is 0. The number of hydrogen-bond acceptors (Lipinski definition) is 8. The number of carbonyl (C=O) groups is 2. The average Bonchev–Trinajstić information content (AvgIpc) is 2.83. The van der Waals surface area contributed by atoms with Crippen molar-refractivity contribution in [3.8, 4) is 5.75 Å². The largest absolute Gasteiger partial charge is 0.497 e. The lowest BCUT2D eigenvalue weighted by atomic mass is 9.89. The maximum absolute atomic E-state index is 12.7. The van der Waals surface area contributed by atoms with Crippen LogP contribution in [0, 0.1) is 5.92 Å². The highest BCUT2D eigenvalue weighted by molar-refractivity contribution is 5.98. The van der Waals surface area contributed by atoms with Gasteiger partial charge in [-0.1, -0.05) is 0 Å². The number of nitrogens with zero attached hydrogens (tertiary/aromatic N) is 2. The van der Waals surface area contributed by atoms with E-state index in [0.717, 1.165) is 5.75 Å². The van der Waals surface area contributed by atoms with Crippen molar-refractivity contribution in [1.82, 2.24) is 15.2 Å². The zero-order valence-electron chi connectivity index (χ0n) is 18.1. The fourth-order valence-corrected chi connectivity index (χ4v) is 4.07. The van der Waals surface area contributed by atoms with E-state index in [9.17, 15) is 14.4 Å². The maximum atomic E-state index is 12.7. The van der Waals surface area contributed by atoms with Gasteiger partial charge in [-0.05, 0) is 50.2 Å². The van der Waals surface area contributed by atoms with Gasteiger partial charge in [0.2, 0.25) is 11.8 Å². The Morgan fingerprint density at radius 2 is 1.97 bits per heavy atom. The van der Waals surface area contributed by atoms with Crippen molar-refractivity contribution in [2.75, 3.05) is 33.4 Å². The number of aromatic nitrogens is 1. The van der Waals surface area contributed by atoms with Gasteiger partial charge in [-0.2, -0.15) is 0 Å². The van der Waals surface area contributed by atoms with E-state index in [1.165, 1.54) is 0 Å². The third kappa shape index (κ3) is 5.23. The monoisotopic (exact) mass is 441 g/mol. The van der Waals surface area contributed by atoms with E-state index >= 15 is 0 Å². The second-order valence-electron chi connectivity index (χ2n) is 8.04. The van der Waals surface area contributed by atoms with Gasteiger partial charge in [-0.15, -0.1) is 0 Å². The van der Waals surface area contributed by atoms with Crippen LogP contribution in [0.3, 0.4) is 0 Å². The van der Waals surface area contributed by atoms with Crippen LogP contribution in [-0.4, -0.2) is 54.9 Å². The highest BCUT2D eigenvalue weighted by Gasteiger charge is 2.27. The first-order chi connectivity index (χ1) is 15.5. The Kier molecular flexibility index (Phi) is 6.96. The minimum Gasteiger partial charge on any atom is -0.497 e. The van der Waals surface area contributed by atoms with E-state index in [0.29, 0.717) is 55.8 Å². The number of ketones is 1. The topological polar surface area (TPSA) is 111 Å². The Hall–Kier alpha value is -3.04. The number of amides is 1. The standard InChI is InChI=1S/C23H27N3O6/c1-30-17-4-2-15(3-5-17)22(28)16-6-9-26(10-7-16)13-20(27)24-12-21-25-19-8-11-31-14-18(19)23(29)32-21/h2-5,16H,6-14H2,1H3,(H,24,27). The Bertz CT molecular complexity index is 1030. The first kappa shape index (κ1) is 22.2. The molecule has 170 valence electrons. The number of benzene rings is 1. The van der Waals surface area contributed by atoms with Crippen LogP contribution >= 0.6 is 0 Å². The minimum atomic E-state index is -0.456. The molecule has 4 rings (SSSR count). The normalized spacial score (nSPS) is 16.9. The maximum Gasteiger partial charge on any atom is 0.344 e. The fourth-order valence-electron chi connectivity index (χ4n) is 4.07. The predicted molar refractivity (Wildman–Crippen MR) is 114 cm³/mol. The fraction of sp³-hybridized carbons (Fsp3) is 0.478. The van der Waals surface area contributed by atoms with Gasteiger partial charge in [0.25, 0.3) is 0 Å². The second kappa shape index (κ2) is 10.1. The van der Waals surface area contributed by atoms with Crippen LogP contribution in [0.5, 0.6) is 5.75 Å². The van der Waals surface area contributed by atoms with Gasteiger partial charge in [0, 0.05) is 17.9 Å². The summed E-state index contributed by atoms with van der Waals surface area (Å²) in [7, 11) is 1.59. The molecule has 0 atom stereocenters. The molecule has 32 heavy (non-hydrogen) atoms. The van der Waals surface area contributed by atoms with Gasteiger partial charge in [-0.3, -0.25) is 14.5 Å². The lowest BCUT2D eigenvalue weighted by Crippen LogP contribution is -2.42. The molecule has 0 saturated carbocycles. The van der Waals surface area contributed by atoms with Crippen LogP contribution in [0.25, 0.3) is 0 Å². The molecule has 1 N–H and O–H groups in total. The van der Waals surface area contributed by atoms with Crippen molar-refractivity contribution in [3.63, 3.8) is 0 Å². The van der Waals surface area contributed by atoms with Gasteiger partial charge in [0.05, 0.1) is 44.7 Å². The predicted octanol–water partition coefficient (Wildman–Crippen LogP) is 1.33. The molecule has 2 aliphatic heterocycles. The summed E-state index contributed by atoms with van der Waals surface area (Å²) in [6.07, 6.45) is 1.98. The van der Waals surface area contributed by atoms with Gasteiger partial charge < -0.3 is 19.2 Å². The van der Waals surface area contributed by atoms with Crippen LogP contribution in [-0.2, 0) is 29.1 Å². The average molecular weight is 441 g/mol. The third-order valence-electron chi connectivity index (χ3n) is 5.93. The number of ether oxygens (including phenoxy) is 2. The lowest BCUT2D eigenvalue weighted by molar-refractivity contribution is -0.122. The molecule has 1 aromatic heterocycles. The van der Waals surface area contributed by atoms with E-state index in [2.05, 4.69) is 10.3 Å². The van der Waals surface area contributed by atoms with E-state index in [1.54, 1.807) is 31.4 Å². The van der Waals surface area contributed by atoms with Crippen molar-refractivity contribution < 1.29 is 23.5 Å². The number of nitrogens with one attached hydrogen (secondary N) is 1. The minimum absolute atomic E-state index is 0.0411. The van der Waals surface area contributed by atoms with E-state index in [-0.39, 0.29) is 43.2 Å². The Morgan fingerprint density at radius 1 is 1.22 bits per heavy atom. The number of hydrogen-bond donors (Lipinski definition) is 1. The summed E-state index contributed by atoms with van der Waals surface area (Å²) in [4.78, 5) is 43.5. The van der Waals surface area contributed by atoms with Crippen molar-refractivity contribution in [2.45, 2.75) is 32.4 Å².